The molecule has 1 aliphatic heterocycles. The van der Waals surface area contributed by atoms with E-state index in [4.69, 9.17) is 4.74 Å². The van der Waals surface area contributed by atoms with E-state index in [9.17, 15) is 9.18 Å². The van der Waals surface area contributed by atoms with E-state index >= 15 is 0 Å². The van der Waals surface area contributed by atoms with Crippen LogP contribution in [0.3, 0.4) is 0 Å². The molecule has 1 saturated heterocycles. The number of aromatic nitrogens is 4. The van der Waals surface area contributed by atoms with Crippen molar-refractivity contribution in [3.8, 4) is 0 Å². The highest BCUT2D eigenvalue weighted by molar-refractivity contribution is 6.03. The number of imidazole rings is 1. The molecule has 3 aromatic rings. The van der Waals surface area contributed by atoms with Gasteiger partial charge in [-0.25, -0.2) is 13.9 Å². The highest BCUT2D eigenvalue weighted by atomic mass is 19.1. The molecule has 140 valence electrons. The number of fused-ring (bicyclic) bond motifs is 1. The Hall–Kier alpha value is -3.07. The number of hydrogen-bond acceptors (Lipinski definition) is 6. The molecule has 9 heteroatoms. The molecule has 2 atom stereocenters. The quantitative estimate of drug-likeness (QED) is 0.760. The van der Waals surface area contributed by atoms with Crippen LogP contribution >= 0.6 is 0 Å². The van der Waals surface area contributed by atoms with Crippen LogP contribution in [-0.4, -0.2) is 50.8 Å². The monoisotopic (exact) mass is 370 g/mol. The second-order valence-corrected chi connectivity index (χ2v) is 6.61. The van der Waals surface area contributed by atoms with Crippen molar-refractivity contribution in [2.75, 3.05) is 23.3 Å². The van der Waals surface area contributed by atoms with Gasteiger partial charge >= 0.3 is 0 Å². The van der Waals surface area contributed by atoms with Crippen molar-refractivity contribution >= 4 is 23.1 Å². The fourth-order valence-corrected chi connectivity index (χ4v) is 3.23. The Bertz CT molecular complexity index is 981. The van der Waals surface area contributed by atoms with E-state index in [2.05, 4.69) is 25.3 Å². The van der Waals surface area contributed by atoms with Gasteiger partial charge in [0, 0.05) is 19.2 Å². The molecule has 27 heavy (non-hydrogen) atoms. The summed E-state index contributed by atoms with van der Waals surface area (Å²) in [5.41, 5.74) is 1.07. The van der Waals surface area contributed by atoms with Crippen LogP contribution in [0.25, 0.3) is 5.65 Å². The molecule has 8 nitrogen and oxygen atoms in total. The summed E-state index contributed by atoms with van der Waals surface area (Å²) in [4.78, 5) is 22.7. The fourth-order valence-electron chi connectivity index (χ4n) is 3.23. The van der Waals surface area contributed by atoms with Gasteiger partial charge in [0.15, 0.2) is 11.3 Å². The molecule has 3 aromatic heterocycles. The van der Waals surface area contributed by atoms with Gasteiger partial charge in [-0.2, -0.15) is 0 Å². The van der Waals surface area contributed by atoms with E-state index in [1.54, 1.807) is 0 Å². The Morgan fingerprint density at radius 2 is 2.00 bits per heavy atom. The smallest absolute Gasteiger partial charge is 0.276 e. The second kappa shape index (κ2) is 6.92. The van der Waals surface area contributed by atoms with Crippen LogP contribution in [0.4, 0.5) is 15.9 Å². The van der Waals surface area contributed by atoms with Crippen molar-refractivity contribution in [1.29, 1.82) is 0 Å². The lowest BCUT2D eigenvalue weighted by molar-refractivity contribution is -0.00552. The summed E-state index contributed by atoms with van der Waals surface area (Å²) in [6.45, 7) is 5.47. The number of ether oxygens (including phenoxy) is 1. The molecule has 4 rings (SSSR count). The summed E-state index contributed by atoms with van der Waals surface area (Å²) >= 11 is 0. The normalized spacial score (nSPS) is 20.0. The molecule has 0 bridgehead atoms. The summed E-state index contributed by atoms with van der Waals surface area (Å²) in [6.07, 6.45) is 4.08. The van der Waals surface area contributed by atoms with Crippen LogP contribution in [0, 0.1) is 5.82 Å². The molecule has 2 unspecified atom stereocenters. The SMILES string of the molecule is CC1CN(c2ccc3ncc(C(=O)Nc4cncc(F)c4)n3n2)CC(C)O1. The molecule has 0 spiro atoms. The molecule has 0 radical (unpaired) electrons. The van der Waals surface area contributed by atoms with Gasteiger partial charge < -0.3 is 15.0 Å². The maximum absolute atomic E-state index is 13.3. The minimum absolute atomic E-state index is 0.0947. The molecule has 0 aliphatic carbocycles. The van der Waals surface area contributed by atoms with Gasteiger partial charge in [-0.15, -0.1) is 5.10 Å². The molecular weight excluding hydrogens is 351 g/mol. The number of morpholine rings is 1. The first-order chi connectivity index (χ1) is 13.0. The number of rotatable bonds is 3. The third-order valence-electron chi connectivity index (χ3n) is 4.29. The predicted molar refractivity (Wildman–Crippen MR) is 97.4 cm³/mol. The van der Waals surface area contributed by atoms with Crippen LogP contribution in [0.1, 0.15) is 24.3 Å². The zero-order valence-corrected chi connectivity index (χ0v) is 15.0. The highest BCUT2D eigenvalue weighted by Gasteiger charge is 2.24. The predicted octanol–water partition coefficient (Wildman–Crippen LogP) is 2.13. The average molecular weight is 370 g/mol. The lowest BCUT2D eigenvalue weighted by atomic mass is 10.2. The van der Waals surface area contributed by atoms with Crippen LogP contribution in [-0.2, 0) is 4.74 Å². The Kier molecular flexibility index (Phi) is 4.44. The molecule has 0 saturated carbocycles. The summed E-state index contributed by atoms with van der Waals surface area (Å²) in [7, 11) is 0. The number of nitrogens with one attached hydrogen (secondary N) is 1. The van der Waals surface area contributed by atoms with Gasteiger partial charge in [0.1, 0.15) is 11.6 Å². The summed E-state index contributed by atoms with van der Waals surface area (Å²) in [6, 6.07) is 4.89. The first-order valence-corrected chi connectivity index (χ1v) is 8.66. The van der Waals surface area contributed by atoms with E-state index in [1.807, 2.05) is 26.0 Å². The van der Waals surface area contributed by atoms with E-state index in [1.165, 1.54) is 23.0 Å². The summed E-state index contributed by atoms with van der Waals surface area (Å²) in [5.74, 6) is -0.228. The van der Waals surface area contributed by atoms with Crippen molar-refractivity contribution < 1.29 is 13.9 Å². The van der Waals surface area contributed by atoms with E-state index < -0.39 is 11.7 Å². The van der Waals surface area contributed by atoms with Gasteiger partial charge in [-0.05, 0) is 26.0 Å². The van der Waals surface area contributed by atoms with Crippen molar-refractivity contribution in [3.05, 3.63) is 48.3 Å². The topological polar surface area (TPSA) is 84.7 Å². The van der Waals surface area contributed by atoms with Crippen LogP contribution in [0.2, 0.25) is 0 Å². The summed E-state index contributed by atoms with van der Waals surface area (Å²) in [5, 5.41) is 7.20. The molecule has 1 aliphatic rings. The number of halogens is 1. The first-order valence-electron chi connectivity index (χ1n) is 8.66. The molecule has 0 aromatic carbocycles. The average Bonchev–Trinajstić information content (AvgIpc) is 3.04. The fraction of sp³-hybridized carbons (Fsp3) is 0.333. The standard InChI is InChI=1S/C18H19FN6O2/c1-11-9-24(10-12(2)27-11)17-4-3-16-21-8-15(25(16)23-17)18(26)22-14-5-13(19)6-20-7-14/h3-8,11-12H,9-10H2,1-2H3,(H,22,26). The van der Waals surface area contributed by atoms with Crippen LogP contribution in [0.5, 0.6) is 0 Å². The van der Waals surface area contributed by atoms with Crippen molar-refractivity contribution in [2.24, 2.45) is 0 Å². The van der Waals surface area contributed by atoms with Gasteiger partial charge in [0.05, 0.1) is 36.5 Å². The van der Waals surface area contributed by atoms with Crippen molar-refractivity contribution in [3.63, 3.8) is 0 Å². The number of pyridine rings is 1. The van der Waals surface area contributed by atoms with Crippen molar-refractivity contribution in [1.82, 2.24) is 19.6 Å². The minimum atomic E-state index is -0.526. The summed E-state index contributed by atoms with van der Waals surface area (Å²) < 4.78 is 20.5. The Labute approximate surface area is 155 Å². The highest BCUT2D eigenvalue weighted by Crippen LogP contribution is 2.19. The van der Waals surface area contributed by atoms with Crippen LogP contribution in [0.15, 0.2) is 36.8 Å². The van der Waals surface area contributed by atoms with E-state index in [0.29, 0.717) is 18.7 Å². The largest absolute Gasteiger partial charge is 0.372 e. The van der Waals surface area contributed by atoms with Crippen molar-refractivity contribution in [2.45, 2.75) is 26.1 Å². The number of carbonyl (C=O) groups excluding carboxylic acids is 1. The number of carbonyl (C=O) groups is 1. The molecule has 1 fully saturated rings. The molecule has 1 N–H and O–H groups in total. The van der Waals surface area contributed by atoms with Crippen LogP contribution < -0.4 is 10.2 Å². The van der Waals surface area contributed by atoms with Gasteiger partial charge in [-0.3, -0.25) is 9.78 Å². The number of hydrogen-bond donors (Lipinski definition) is 1. The number of anilines is 2. The molecular formula is C18H19FN6O2. The molecule has 4 heterocycles. The third-order valence-corrected chi connectivity index (χ3v) is 4.29. The van der Waals surface area contributed by atoms with Gasteiger partial charge in [-0.1, -0.05) is 0 Å². The lowest BCUT2D eigenvalue weighted by Crippen LogP contribution is -2.46. The maximum Gasteiger partial charge on any atom is 0.276 e. The van der Waals surface area contributed by atoms with E-state index in [-0.39, 0.29) is 23.6 Å². The zero-order valence-electron chi connectivity index (χ0n) is 15.0. The Morgan fingerprint density at radius 3 is 2.74 bits per heavy atom. The van der Waals surface area contributed by atoms with Gasteiger partial charge in [0.25, 0.3) is 5.91 Å². The first kappa shape index (κ1) is 17.3. The lowest BCUT2D eigenvalue weighted by Gasteiger charge is -2.35. The van der Waals surface area contributed by atoms with E-state index in [0.717, 1.165) is 12.0 Å². The molecule has 1 amide bonds. The third kappa shape index (κ3) is 3.59. The minimum Gasteiger partial charge on any atom is -0.372 e. The second-order valence-electron chi connectivity index (χ2n) is 6.61. The van der Waals surface area contributed by atoms with Gasteiger partial charge in [0.2, 0.25) is 0 Å². The Balaban J connectivity index is 1.63. The number of amides is 1. The zero-order chi connectivity index (χ0) is 19.0. The number of nitrogens with zero attached hydrogens (tertiary/aromatic N) is 5. The maximum atomic E-state index is 13.3. The Morgan fingerprint density at radius 1 is 1.22 bits per heavy atom.